The first kappa shape index (κ1) is 20.3. The maximum absolute atomic E-state index is 6.19. The molecule has 3 fully saturated rings. The number of rotatable bonds is 7. The SMILES string of the molecule is CCNC(=NCCC1CC1)N1CCC(OCC2CCCC2)CC1.I. The van der Waals surface area contributed by atoms with Gasteiger partial charge in [-0.15, -0.1) is 24.0 Å². The van der Waals surface area contributed by atoms with Crippen LogP contribution in [0.15, 0.2) is 4.99 Å². The third-order valence-electron chi connectivity index (χ3n) is 5.61. The van der Waals surface area contributed by atoms with Crippen molar-refractivity contribution in [3.8, 4) is 0 Å². The Morgan fingerprint density at radius 3 is 2.38 bits per heavy atom. The van der Waals surface area contributed by atoms with Crippen LogP contribution in [0.2, 0.25) is 0 Å². The molecular formula is C19H36IN3O. The summed E-state index contributed by atoms with van der Waals surface area (Å²) < 4.78 is 6.19. The van der Waals surface area contributed by atoms with Crippen LogP contribution in [0.3, 0.4) is 0 Å². The molecule has 1 heterocycles. The molecule has 0 aromatic rings. The number of nitrogens with zero attached hydrogens (tertiary/aromatic N) is 2. The number of nitrogens with one attached hydrogen (secondary N) is 1. The molecule has 1 aliphatic heterocycles. The summed E-state index contributed by atoms with van der Waals surface area (Å²) in [5.41, 5.74) is 0. The average Bonchev–Trinajstić information content (AvgIpc) is 3.25. The molecule has 0 unspecified atom stereocenters. The lowest BCUT2D eigenvalue weighted by atomic mass is 10.1. The number of hydrogen-bond acceptors (Lipinski definition) is 2. The Labute approximate surface area is 165 Å². The van der Waals surface area contributed by atoms with Crippen LogP contribution in [0.1, 0.15) is 64.7 Å². The van der Waals surface area contributed by atoms with E-state index in [0.717, 1.165) is 63.4 Å². The number of hydrogen-bond donors (Lipinski definition) is 1. The van der Waals surface area contributed by atoms with Gasteiger partial charge in [0.05, 0.1) is 6.10 Å². The van der Waals surface area contributed by atoms with Gasteiger partial charge in [0.2, 0.25) is 0 Å². The Morgan fingerprint density at radius 2 is 1.75 bits per heavy atom. The van der Waals surface area contributed by atoms with E-state index in [1.165, 1.54) is 44.9 Å². The molecule has 2 aliphatic carbocycles. The normalized spacial score (nSPS) is 23.4. The molecule has 0 aromatic heterocycles. The van der Waals surface area contributed by atoms with Crippen molar-refractivity contribution in [2.24, 2.45) is 16.8 Å². The molecule has 1 N–H and O–H groups in total. The highest BCUT2D eigenvalue weighted by Gasteiger charge is 2.24. The first-order valence-corrected chi connectivity index (χ1v) is 10.00. The molecule has 0 atom stereocenters. The largest absolute Gasteiger partial charge is 0.378 e. The summed E-state index contributed by atoms with van der Waals surface area (Å²) in [6.45, 7) is 7.29. The number of guanidine groups is 1. The molecular weight excluding hydrogens is 413 g/mol. The van der Waals surface area contributed by atoms with Crippen LogP contribution >= 0.6 is 24.0 Å². The second-order valence-corrected chi connectivity index (χ2v) is 7.64. The summed E-state index contributed by atoms with van der Waals surface area (Å²) in [5.74, 6) is 2.94. The fraction of sp³-hybridized carbons (Fsp3) is 0.947. The fourth-order valence-corrected chi connectivity index (χ4v) is 3.87. The van der Waals surface area contributed by atoms with E-state index in [1.54, 1.807) is 0 Å². The molecule has 4 nitrogen and oxygen atoms in total. The molecule has 0 radical (unpaired) electrons. The second kappa shape index (κ2) is 10.8. The van der Waals surface area contributed by atoms with Crippen molar-refractivity contribution in [3.05, 3.63) is 0 Å². The summed E-state index contributed by atoms with van der Waals surface area (Å²) in [6.07, 6.45) is 12.5. The molecule has 3 aliphatic rings. The van der Waals surface area contributed by atoms with Gasteiger partial charge in [0.15, 0.2) is 5.96 Å². The smallest absolute Gasteiger partial charge is 0.193 e. The highest BCUT2D eigenvalue weighted by Crippen LogP contribution is 2.32. The number of piperidine rings is 1. The monoisotopic (exact) mass is 449 g/mol. The van der Waals surface area contributed by atoms with Crippen molar-refractivity contribution < 1.29 is 4.74 Å². The van der Waals surface area contributed by atoms with Crippen LogP contribution in [0.25, 0.3) is 0 Å². The van der Waals surface area contributed by atoms with E-state index in [0.29, 0.717) is 6.10 Å². The lowest BCUT2D eigenvalue weighted by Crippen LogP contribution is -2.47. The summed E-state index contributed by atoms with van der Waals surface area (Å²) in [4.78, 5) is 7.28. The predicted octanol–water partition coefficient (Wildman–Crippen LogP) is 4.04. The highest BCUT2D eigenvalue weighted by atomic mass is 127. The molecule has 0 aromatic carbocycles. The fourth-order valence-electron chi connectivity index (χ4n) is 3.87. The predicted molar refractivity (Wildman–Crippen MR) is 111 cm³/mol. The zero-order valence-corrected chi connectivity index (χ0v) is 17.7. The summed E-state index contributed by atoms with van der Waals surface area (Å²) in [5, 5.41) is 3.47. The molecule has 1 saturated heterocycles. The van der Waals surface area contributed by atoms with Crippen LogP contribution in [-0.2, 0) is 4.74 Å². The van der Waals surface area contributed by atoms with Crippen molar-refractivity contribution in [1.29, 1.82) is 0 Å². The van der Waals surface area contributed by atoms with Gasteiger partial charge in [-0.3, -0.25) is 4.99 Å². The third-order valence-corrected chi connectivity index (χ3v) is 5.61. The molecule has 3 rings (SSSR count). The minimum absolute atomic E-state index is 0. The van der Waals surface area contributed by atoms with Crippen molar-refractivity contribution >= 4 is 29.9 Å². The Bertz CT molecular complexity index is 373. The molecule has 0 bridgehead atoms. The summed E-state index contributed by atoms with van der Waals surface area (Å²) >= 11 is 0. The maximum Gasteiger partial charge on any atom is 0.193 e. The topological polar surface area (TPSA) is 36.9 Å². The van der Waals surface area contributed by atoms with Gasteiger partial charge in [-0.1, -0.05) is 25.7 Å². The minimum Gasteiger partial charge on any atom is -0.378 e. The zero-order chi connectivity index (χ0) is 15.9. The third kappa shape index (κ3) is 6.70. The minimum atomic E-state index is 0. The molecule has 24 heavy (non-hydrogen) atoms. The Hall–Kier alpha value is -0.0400. The first-order valence-electron chi connectivity index (χ1n) is 10.00. The molecule has 140 valence electrons. The van der Waals surface area contributed by atoms with Gasteiger partial charge < -0.3 is 15.0 Å². The highest BCUT2D eigenvalue weighted by molar-refractivity contribution is 14.0. The van der Waals surface area contributed by atoms with Crippen molar-refractivity contribution in [3.63, 3.8) is 0 Å². The van der Waals surface area contributed by atoms with Crippen LogP contribution in [0.5, 0.6) is 0 Å². The number of halogens is 1. The summed E-state index contributed by atoms with van der Waals surface area (Å²) in [6, 6.07) is 0. The van der Waals surface area contributed by atoms with Gasteiger partial charge in [0.25, 0.3) is 0 Å². The lowest BCUT2D eigenvalue weighted by molar-refractivity contribution is 0.00102. The van der Waals surface area contributed by atoms with Crippen LogP contribution < -0.4 is 5.32 Å². The number of aliphatic imine (C=N–C) groups is 1. The molecule has 0 spiro atoms. The van der Waals surface area contributed by atoms with E-state index in [1.807, 2.05) is 0 Å². The van der Waals surface area contributed by atoms with Crippen LogP contribution in [-0.4, -0.2) is 49.7 Å². The van der Waals surface area contributed by atoms with E-state index >= 15 is 0 Å². The molecule has 2 saturated carbocycles. The Balaban J connectivity index is 0.00000208. The quantitative estimate of drug-likeness (QED) is 0.362. The van der Waals surface area contributed by atoms with Gasteiger partial charge in [0.1, 0.15) is 0 Å². The Morgan fingerprint density at radius 1 is 1.04 bits per heavy atom. The standard InChI is InChI=1S/C19H35N3O.HI/c1-2-20-19(21-12-9-16-7-8-16)22-13-10-18(11-14-22)23-15-17-5-3-4-6-17;/h16-18H,2-15H2,1H3,(H,20,21);1H. The van der Waals surface area contributed by atoms with E-state index in [9.17, 15) is 0 Å². The van der Waals surface area contributed by atoms with Crippen molar-refractivity contribution in [2.75, 3.05) is 32.8 Å². The summed E-state index contributed by atoms with van der Waals surface area (Å²) in [7, 11) is 0. The van der Waals surface area contributed by atoms with Gasteiger partial charge >= 0.3 is 0 Å². The van der Waals surface area contributed by atoms with Gasteiger partial charge in [0, 0.05) is 32.8 Å². The maximum atomic E-state index is 6.19. The van der Waals surface area contributed by atoms with Gasteiger partial charge in [-0.2, -0.15) is 0 Å². The van der Waals surface area contributed by atoms with Crippen LogP contribution in [0, 0.1) is 11.8 Å². The van der Waals surface area contributed by atoms with Gasteiger partial charge in [-0.25, -0.2) is 0 Å². The van der Waals surface area contributed by atoms with E-state index in [4.69, 9.17) is 9.73 Å². The molecule has 5 heteroatoms. The number of likely N-dealkylation sites (tertiary alicyclic amines) is 1. The Kier molecular flexibility index (Phi) is 9.16. The van der Waals surface area contributed by atoms with Gasteiger partial charge in [-0.05, 0) is 50.9 Å². The zero-order valence-electron chi connectivity index (χ0n) is 15.3. The lowest BCUT2D eigenvalue weighted by Gasteiger charge is -2.34. The van der Waals surface area contributed by atoms with Crippen LogP contribution in [0.4, 0.5) is 0 Å². The van der Waals surface area contributed by atoms with E-state index in [2.05, 4.69) is 17.1 Å². The second-order valence-electron chi connectivity index (χ2n) is 7.64. The van der Waals surface area contributed by atoms with Crippen molar-refractivity contribution in [1.82, 2.24) is 10.2 Å². The number of ether oxygens (including phenoxy) is 1. The van der Waals surface area contributed by atoms with E-state index in [-0.39, 0.29) is 24.0 Å². The van der Waals surface area contributed by atoms with Crippen molar-refractivity contribution in [2.45, 2.75) is 70.8 Å². The van der Waals surface area contributed by atoms with E-state index < -0.39 is 0 Å². The average molecular weight is 449 g/mol. The molecule has 0 amide bonds. The first-order chi connectivity index (χ1) is 11.3.